The van der Waals surface area contributed by atoms with Gasteiger partial charge in [-0.2, -0.15) is 5.26 Å². The molecule has 0 saturated heterocycles. The maximum Gasteiger partial charge on any atom is 0.354 e. The Morgan fingerprint density at radius 1 is 0.422 bits per heavy atom. The summed E-state index contributed by atoms with van der Waals surface area (Å²) in [6.07, 6.45) is 9.83. The van der Waals surface area contributed by atoms with Crippen LogP contribution in [-0.2, 0) is 9.47 Å². The number of anilines is 2. The first-order valence-corrected chi connectivity index (χ1v) is 48.1. The minimum atomic E-state index is -0.847. The second kappa shape index (κ2) is 48.7. The molecule has 0 aliphatic carbocycles. The number of nitrogens with zero attached hydrogens (tertiary/aromatic N) is 10. The van der Waals surface area contributed by atoms with Gasteiger partial charge in [-0.25, -0.2) is 48.3 Å². The van der Waals surface area contributed by atoms with Crippen molar-refractivity contribution < 1.29 is 88.0 Å². The highest BCUT2D eigenvalue weighted by Crippen LogP contribution is 2.38. The van der Waals surface area contributed by atoms with Crippen molar-refractivity contribution >= 4 is 139 Å². The standard InChI is InChI=1S/C24H25NO4S.C21H17N3O7.C21H16N2O6.C18H13NO3S.C14H15NO3.C12H10N2O2/c1-3-4-5-6-7-12-28-18-9-8-16-13-19(24(26)29-21(16)14-18)23-25-20-11-10-17(27-2)15-22(20)30-23;1-28-13-3-4-14-15(11-13)30-21(27)17(16(14)20(26)29-10-2-9-25)19-24-23-18(31-19)12-5-7-22-8-6-12;1-3-27-20(24)16-14-10-9-13(26-2)11-15(14)28-21(25)17(16)19-23-22-18(29-19)12-7-5-4-6-8-12;1-2-21-12-8-7-11-9-13(18(20)22-15(11)10-12)17-19-14-5-3-4-6-16(14)23-17;1-3-15(4-2)12-6-5-10-7-11(9-16)14(17)18-13(10)8-12;1-14(2)10-4-3-8-5-9(7-13)12(15)16-11(8)6-10/h8-11,13-15H,3-7,12H2,1-2H3;3-8,11,25H,2,9-10H2,1H3;4-11H,3H2,1-2H3;3-10H,2H2,1H3;5-9H,3-4H2,1-2H3;3-6H,1-2H3. The molecule has 0 aliphatic rings. The van der Waals surface area contributed by atoms with E-state index >= 15 is 0 Å². The van der Waals surface area contributed by atoms with Gasteiger partial charge in [0.15, 0.2) is 6.29 Å². The third-order valence-electron chi connectivity index (χ3n) is 22.6. The number of esters is 2. The summed E-state index contributed by atoms with van der Waals surface area (Å²) in [4.78, 5) is 127. The summed E-state index contributed by atoms with van der Waals surface area (Å²) in [5.41, 5.74) is 4.33. The first-order valence-electron chi connectivity index (χ1n) is 46.5. The van der Waals surface area contributed by atoms with Crippen LogP contribution in [-0.4, -0.2) is 140 Å². The summed E-state index contributed by atoms with van der Waals surface area (Å²) in [7, 11) is 8.40. The number of aldehydes is 1. The number of para-hydroxylation sites is 1. The van der Waals surface area contributed by atoms with Gasteiger partial charge in [0, 0.05) is 144 Å². The zero-order valence-corrected chi connectivity index (χ0v) is 82.9. The van der Waals surface area contributed by atoms with Crippen molar-refractivity contribution in [3.05, 3.63) is 316 Å². The molecular weight excluding hydrogens is 1930 g/mol. The molecule has 1 N–H and O–H groups in total. The Bertz CT molecular complexity index is 8560. The third-order valence-corrected chi connectivity index (χ3v) is 24.7. The number of carbonyl (C=O) groups excluding carboxylic acids is 3. The largest absolute Gasteiger partial charge is 0.497 e. The highest BCUT2D eigenvalue weighted by Gasteiger charge is 2.31. The summed E-state index contributed by atoms with van der Waals surface area (Å²) < 4.78 is 82.7. The number of carbonyl (C=O) groups is 3. The first-order chi connectivity index (χ1) is 71.5. The maximum atomic E-state index is 12.9. The van der Waals surface area contributed by atoms with Gasteiger partial charge in [-0.3, -0.25) is 9.78 Å². The van der Waals surface area contributed by atoms with E-state index in [4.69, 9.17) is 78.9 Å². The minimum Gasteiger partial charge on any atom is -0.497 e. The van der Waals surface area contributed by atoms with Gasteiger partial charge in [-0.05, 0) is 186 Å². The molecule has 20 rings (SSSR count). The minimum absolute atomic E-state index is 0.00372. The van der Waals surface area contributed by atoms with Crippen LogP contribution in [0.4, 0.5) is 11.4 Å². The van der Waals surface area contributed by atoms with Gasteiger partial charge >= 0.3 is 45.7 Å². The number of hydrogen-bond acceptors (Lipinski definition) is 37. The highest BCUT2D eigenvalue weighted by atomic mass is 32.1. The molecule has 0 saturated carbocycles. The lowest BCUT2D eigenvalue weighted by atomic mass is 10.0. The van der Waals surface area contributed by atoms with Gasteiger partial charge in [0.25, 0.3) is 11.8 Å². The molecule has 0 unspecified atom stereocenters. The fourth-order valence-electron chi connectivity index (χ4n) is 15.2. The molecular formula is C110H96N10O25S2. The Hall–Kier alpha value is -17.9. The van der Waals surface area contributed by atoms with E-state index in [2.05, 4.69) is 61.0 Å². The summed E-state index contributed by atoms with van der Waals surface area (Å²) in [6.45, 7) is 12.9. The second-order valence-corrected chi connectivity index (χ2v) is 34.4. The average molecular weight is 2020 g/mol. The number of nitriles is 1. The number of rotatable bonds is 29. The summed E-state index contributed by atoms with van der Waals surface area (Å²) in [5.74, 6) is 1.67. The van der Waals surface area contributed by atoms with E-state index < -0.39 is 40.1 Å². The first kappa shape index (κ1) is 103. The van der Waals surface area contributed by atoms with Crippen LogP contribution < -0.4 is 67.2 Å². The smallest absolute Gasteiger partial charge is 0.354 e. The van der Waals surface area contributed by atoms with Crippen LogP contribution in [0, 0.1) is 11.3 Å². The SMILES string of the molecule is CCCCCCCOc1ccc2cc(-c3nc4ccc(OC)cc4s3)c(=O)oc2c1.CCN(CC)c1ccc2cc(C=O)c(=O)oc2c1.CCOC(=O)c1c(-c2nnc(-c3ccccc3)o2)c(=O)oc2cc(OC)ccc12.CCOc1ccc2cc(-c3nc4ccccc4s3)c(=O)oc2c1.CN(C)c1ccc2cc(C#N)c(=O)oc2c1.COc1ccc2c(C(=O)OCCCO)c(-c3nnc(-c4ccncc4)o3)c(=O)oc2c1. The van der Waals surface area contributed by atoms with E-state index in [1.807, 2.05) is 159 Å². The number of aliphatic hydroxyl groups is 1. The van der Waals surface area contributed by atoms with Crippen molar-refractivity contribution in [3.8, 4) is 102 Å². The van der Waals surface area contributed by atoms with Gasteiger partial charge in [-0.1, -0.05) is 62.9 Å². The van der Waals surface area contributed by atoms with Crippen LogP contribution in [0.25, 0.3) is 153 Å². The Morgan fingerprint density at radius 2 is 0.891 bits per heavy atom. The molecule has 0 radical (unpaired) electrons. The van der Waals surface area contributed by atoms with E-state index in [9.17, 15) is 43.2 Å². The molecule has 147 heavy (non-hydrogen) atoms. The van der Waals surface area contributed by atoms with E-state index in [0.29, 0.717) is 102 Å². The van der Waals surface area contributed by atoms with Crippen molar-refractivity contribution in [2.75, 3.05) is 91.3 Å². The van der Waals surface area contributed by atoms with Crippen LogP contribution in [0.5, 0.6) is 28.7 Å². The van der Waals surface area contributed by atoms with Gasteiger partial charge in [0.1, 0.15) is 101 Å². The molecule has 0 amide bonds. The number of benzene rings is 9. The quantitative estimate of drug-likeness (QED) is 0.0197. The van der Waals surface area contributed by atoms with Crippen molar-refractivity contribution in [1.82, 2.24) is 35.3 Å². The number of hydrogen-bond donors (Lipinski definition) is 1. The van der Waals surface area contributed by atoms with Crippen molar-refractivity contribution in [2.24, 2.45) is 0 Å². The van der Waals surface area contributed by atoms with Gasteiger partial charge in [0.2, 0.25) is 11.8 Å². The van der Waals surface area contributed by atoms with Gasteiger partial charge in [-0.15, -0.1) is 43.1 Å². The van der Waals surface area contributed by atoms with Crippen LogP contribution in [0.15, 0.2) is 295 Å². The molecule has 9 aromatic carbocycles. The Balaban J connectivity index is 0.000000134. The van der Waals surface area contributed by atoms with Crippen LogP contribution in [0.1, 0.15) is 110 Å². The second-order valence-electron chi connectivity index (χ2n) is 32.4. The predicted molar refractivity (Wildman–Crippen MR) is 558 cm³/mol. The zero-order valence-electron chi connectivity index (χ0n) is 81.2. The van der Waals surface area contributed by atoms with Crippen LogP contribution in [0.2, 0.25) is 0 Å². The Kier molecular flexibility index (Phi) is 34.3. The number of aliphatic hydroxyl groups excluding tert-OH is 1. The summed E-state index contributed by atoms with van der Waals surface area (Å²) in [5, 5.41) is 38.7. The number of methoxy groups -OCH3 is 3. The number of aromatic nitrogens is 7. The third kappa shape index (κ3) is 24.7. The van der Waals surface area contributed by atoms with E-state index in [1.54, 1.807) is 105 Å². The predicted octanol–water partition coefficient (Wildman–Crippen LogP) is 21.2. The lowest BCUT2D eigenvalue weighted by molar-refractivity contribution is 0.0482. The molecule has 35 nitrogen and oxygen atoms in total. The number of pyridine rings is 1. The van der Waals surface area contributed by atoms with Crippen LogP contribution in [0.3, 0.4) is 0 Å². The Morgan fingerprint density at radius 3 is 1.44 bits per heavy atom. The molecule has 0 aliphatic heterocycles. The average Bonchev–Trinajstić information content (AvgIpc) is 1.70. The normalized spacial score (nSPS) is 10.9. The van der Waals surface area contributed by atoms with Crippen molar-refractivity contribution in [1.29, 1.82) is 5.26 Å². The van der Waals surface area contributed by atoms with E-state index in [-0.39, 0.29) is 100.0 Å². The van der Waals surface area contributed by atoms with E-state index in [1.165, 1.54) is 74.7 Å². The molecule has 748 valence electrons. The number of thiazole rings is 2. The summed E-state index contributed by atoms with van der Waals surface area (Å²) in [6, 6.07) is 66.2. The lowest BCUT2D eigenvalue weighted by Gasteiger charge is -2.20. The molecule has 11 heterocycles. The molecule has 0 fully saturated rings. The highest BCUT2D eigenvalue weighted by molar-refractivity contribution is 7.22. The molecule has 11 aromatic heterocycles. The van der Waals surface area contributed by atoms with E-state index in [0.717, 1.165) is 84.4 Å². The monoisotopic (exact) mass is 2020 g/mol. The van der Waals surface area contributed by atoms with Crippen LogP contribution >= 0.6 is 22.7 Å². The molecule has 37 heteroatoms. The van der Waals surface area contributed by atoms with Crippen molar-refractivity contribution in [2.45, 2.75) is 73.1 Å². The molecule has 0 atom stereocenters. The Labute approximate surface area is 844 Å². The van der Waals surface area contributed by atoms with Gasteiger partial charge < -0.3 is 83.4 Å². The maximum absolute atomic E-state index is 12.9. The number of ether oxygens (including phenoxy) is 7. The topological polar surface area (TPSA) is 464 Å². The van der Waals surface area contributed by atoms with Crippen molar-refractivity contribution in [3.63, 3.8) is 0 Å². The molecule has 0 spiro atoms. The summed E-state index contributed by atoms with van der Waals surface area (Å²) >= 11 is 2.94. The van der Waals surface area contributed by atoms with Gasteiger partial charge in [0.05, 0.1) is 90.4 Å². The molecule has 20 aromatic rings. The lowest BCUT2D eigenvalue weighted by Crippen LogP contribution is -2.21. The number of fused-ring (bicyclic) bond motifs is 8. The zero-order chi connectivity index (χ0) is 104. The molecule has 0 bridgehead atoms. The number of unbranched alkanes of at least 4 members (excludes halogenated alkanes) is 4. The fraction of sp³-hybridized carbons (Fsp3) is 0.209. The fourth-order valence-corrected chi connectivity index (χ4v) is 17.2.